The van der Waals surface area contributed by atoms with Crippen LogP contribution in [-0.4, -0.2) is 37.2 Å². The number of ether oxygens (including phenoxy) is 3. The number of rotatable bonds is 54. The van der Waals surface area contributed by atoms with Crippen molar-refractivity contribution < 1.29 is 28.6 Å². The van der Waals surface area contributed by atoms with Gasteiger partial charge in [0.2, 0.25) is 0 Å². The standard InChI is InChI=1S/C68H112O6/c1-4-7-10-13-16-19-22-25-28-30-32-34-36-38-40-43-46-49-52-55-58-61-67(70)73-64-65(63-72-66(69)60-57-54-51-48-45-42-27-24-21-18-15-12-9-6-3)74-68(71)62-59-56-53-50-47-44-41-39-37-35-33-31-29-26-23-20-17-14-11-8-5-2/h7-8,10-11,16-17,19-20,25-26,28-29,32-35,38,40,46,49,65H,4-6,9,12-15,18,21-24,27,30-31,36-37,39,41-45,47-48,50-64H2,1-3H3/b10-7-,11-8-,19-16-,20-17-,28-25-,29-26-,34-32-,35-33-,40-38-,49-46-. The maximum Gasteiger partial charge on any atom is 0.306 e. The van der Waals surface area contributed by atoms with E-state index in [2.05, 4.69) is 142 Å². The van der Waals surface area contributed by atoms with Gasteiger partial charge in [0.1, 0.15) is 13.2 Å². The Labute approximate surface area is 456 Å². The molecule has 0 spiro atoms. The lowest BCUT2D eigenvalue weighted by Crippen LogP contribution is -2.30. The maximum atomic E-state index is 12.9. The molecule has 6 nitrogen and oxygen atoms in total. The van der Waals surface area contributed by atoms with Crippen LogP contribution in [0.1, 0.15) is 271 Å². The predicted octanol–water partition coefficient (Wildman–Crippen LogP) is 20.8. The second-order valence-corrected chi connectivity index (χ2v) is 19.9. The Balaban J connectivity index is 4.47. The van der Waals surface area contributed by atoms with Crippen LogP contribution in [0.2, 0.25) is 0 Å². The van der Waals surface area contributed by atoms with Crippen LogP contribution in [0, 0.1) is 0 Å². The van der Waals surface area contributed by atoms with Gasteiger partial charge < -0.3 is 14.2 Å². The molecule has 1 atom stereocenters. The van der Waals surface area contributed by atoms with Crippen molar-refractivity contribution in [3.8, 4) is 0 Å². The maximum absolute atomic E-state index is 12.9. The monoisotopic (exact) mass is 1020 g/mol. The highest BCUT2D eigenvalue weighted by atomic mass is 16.6. The molecule has 0 fully saturated rings. The van der Waals surface area contributed by atoms with Crippen molar-refractivity contribution in [1.82, 2.24) is 0 Å². The van der Waals surface area contributed by atoms with E-state index >= 15 is 0 Å². The molecule has 0 aromatic rings. The van der Waals surface area contributed by atoms with Gasteiger partial charge in [-0.05, 0) is 109 Å². The van der Waals surface area contributed by atoms with Crippen molar-refractivity contribution in [3.63, 3.8) is 0 Å². The van der Waals surface area contributed by atoms with Gasteiger partial charge in [-0.15, -0.1) is 0 Å². The summed E-state index contributed by atoms with van der Waals surface area (Å²) in [6.45, 7) is 6.38. The second kappa shape index (κ2) is 61.4. The van der Waals surface area contributed by atoms with Gasteiger partial charge >= 0.3 is 17.9 Å². The molecular weight excluding hydrogens is 913 g/mol. The highest BCUT2D eigenvalue weighted by Gasteiger charge is 2.19. The van der Waals surface area contributed by atoms with E-state index in [1.807, 2.05) is 0 Å². The third kappa shape index (κ3) is 58.7. The number of carbonyl (C=O) groups is 3. The van der Waals surface area contributed by atoms with Crippen LogP contribution in [0.4, 0.5) is 0 Å². The van der Waals surface area contributed by atoms with Crippen molar-refractivity contribution in [3.05, 3.63) is 122 Å². The first-order chi connectivity index (χ1) is 36.5. The van der Waals surface area contributed by atoms with Crippen LogP contribution in [0.3, 0.4) is 0 Å². The summed E-state index contributed by atoms with van der Waals surface area (Å²) in [7, 11) is 0. The molecule has 0 rings (SSSR count). The fourth-order valence-corrected chi connectivity index (χ4v) is 8.20. The molecule has 0 saturated carbocycles. The molecule has 74 heavy (non-hydrogen) atoms. The van der Waals surface area contributed by atoms with E-state index in [1.165, 1.54) is 103 Å². The highest BCUT2D eigenvalue weighted by Crippen LogP contribution is 2.15. The summed E-state index contributed by atoms with van der Waals surface area (Å²) in [5.41, 5.74) is 0. The van der Waals surface area contributed by atoms with Gasteiger partial charge in [-0.25, -0.2) is 0 Å². The molecule has 420 valence electrons. The molecule has 0 radical (unpaired) electrons. The van der Waals surface area contributed by atoms with Gasteiger partial charge in [0.15, 0.2) is 6.10 Å². The first-order valence-electron chi connectivity index (χ1n) is 30.5. The van der Waals surface area contributed by atoms with Gasteiger partial charge in [0, 0.05) is 19.3 Å². The molecule has 0 saturated heterocycles. The Hall–Kier alpha value is -4.19. The molecule has 0 amide bonds. The third-order valence-electron chi connectivity index (χ3n) is 12.7. The normalized spacial score (nSPS) is 13.0. The Morgan fingerprint density at radius 1 is 0.284 bits per heavy atom. The number of hydrogen-bond donors (Lipinski definition) is 0. The van der Waals surface area contributed by atoms with E-state index in [1.54, 1.807) is 0 Å². The molecule has 0 heterocycles. The van der Waals surface area contributed by atoms with E-state index < -0.39 is 6.10 Å². The minimum atomic E-state index is -0.803. The van der Waals surface area contributed by atoms with E-state index in [0.717, 1.165) is 128 Å². The van der Waals surface area contributed by atoms with E-state index in [9.17, 15) is 14.4 Å². The molecule has 1 unspecified atom stereocenters. The minimum Gasteiger partial charge on any atom is -0.462 e. The number of carbonyl (C=O) groups excluding carboxylic acids is 3. The summed E-state index contributed by atoms with van der Waals surface area (Å²) < 4.78 is 16.9. The molecule has 0 aliphatic carbocycles. The number of unbranched alkanes of at least 4 members (excludes halogenated alkanes) is 23. The van der Waals surface area contributed by atoms with Crippen LogP contribution < -0.4 is 0 Å². The number of esters is 3. The van der Waals surface area contributed by atoms with Crippen LogP contribution in [0.5, 0.6) is 0 Å². The topological polar surface area (TPSA) is 78.9 Å². The van der Waals surface area contributed by atoms with Crippen LogP contribution >= 0.6 is 0 Å². The first kappa shape index (κ1) is 69.8. The van der Waals surface area contributed by atoms with E-state index in [0.29, 0.717) is 19.3 Å². The minimum absolute atomic E-state index is 0.0958. The molecule has 6 heteroatoms. The number of hydrogen-bond acceptors (Lipinski definition) is 6. The van der Waals surface area contributed by atoms with Crippen molar-refractivity contribution >= 4 is 17.9 Å². The quantitative estimate of drug-likeness (QED) is 0.0261. The number of allylic oxidation sites excluding steroid dienone is 20. The summed E-state index contributed by atoms with van der Waals surface area (Å²) >= 11 is 0. The zero-order chi connectivity index (χ0) is 53.6. The molecule has 0 aliphatic heterocycles. The Morgan fingerprint density at radius 3 is 0.851 bits per heavy atom. The SMILES string of the molecule is CC/C=C\C/C=C\C/C=C\C/C=C\C/C=C\C/C=C\CCCCC(=O)OCC(COC(=O)CCCCCCCCCCCCCCCC)OC(=O)CCCCCCCCCC/C=C\C/C=C\C/C=C\C/C=C\CC. The van der Waals surface area contributed by atoms with Crippen LogP contribution in [0.15, 0.2) is 122 Å². The Kier molecular flexibility index (Phi) is 57.9. The summed E-state index contributed by atoms with van der Waals surface area (Å²) in [6, 6.07) is 0. The van der Waals surface area contributed by atoms with Gasteiger partial charge in [-0.3, -0.25) is 14.4 Å². The van der Waals surface area contributed by atoms with Crippen molar-refractivity contribution in [1.29, 1.82) is 0 Å². The van der Waals surface area contributed by atoms with Crippen molar-refractivity contribution in [2.45, 2.75) is 277 Å². The molecule has 0 aromatic carbocycles. The summed E-state index contributed by atoms with van der Waals surface area (Å²) in [4.78, 5) is 38.3. The molecule has 0 N–H and O–H groups in total. The van der Waals surface area contributed by atoms with Gasteiger partial charge in [0.25, 0.3) is 0 Å². The smallest absolute Gasteiger partial charge is 0.306 e. The molecule has 0 aliphatic rings. The van der Waals surface area contributed by atoms with Gasteiger partial charge in [0.05, 0.1) is 0 Å². The average Bonchev–Trinajstić information content (AvgIpc) is 3.40. The molecule has 0 bridgehead atoms. The lowest BCUT2D eigenvalue weighted by Gasteiger charge is -2.18. The highest BCUT2D eigenvalue weighted by molar-refractivity contribution is 5.71. The van der Waals surface area contributed by atoms with Crippen molar-refractivity contribution in [2.24, 2.45) is 0 Å². The average molecular weight is 1030 g/mol. The third-order valence-corrected chi connectivity index (χ3v) is 12.7. The van der Waals surface area contributed by atoms with Crippen molar-refractivity contribution in [2.75, 3.05) is 13.2 Å². The summed E-state index contributed by atoms with van der Waals surface area (Å²) in [5, 5.41) is 0. The zero-order valence-electron chi connectivity index (χ0n) is 48.1. The largest absolute Gasteiger partial charge is 0.462 e. The van der Waals surface area contributed by atoms with E-state index in [-0.39, 0.29) is 31.1 Å². The fraction of sp³-hybridized carbons (Fsp3) is 0.662. The molecule has 0 aromatic heterocycles. The molecular formula is C68H112O6. The Bertz CT molecular complexity index is 1550. The zero-order valence-corrected chi connectivity index (χ0v) is 48.1. The van der Waals surface area contributed by atoms with Gasteiger partial charge in [-0.2, -0.15) is 0 Å². The predicted molar refractivity (Wildman–Crippen MR) is 320 cm³/mol. The summed E-state index contributed by atoms with van der Waals surface area (Å²) in [6.07, 6.45) is 84.8. The lowest BCUT2D eigenvalue weighted by atomic mass is 10.0. The lowest BCUT2D eigenvalue weighted by molar-refractivity contribution is -0.167. The first-order valence-corrected chi connectivity index (χ1v) is 30.5. The van der Waals surface area contributed by atoms with Gasteiger partial charge in [-0.1, -0.05) is 264 Å². The fourth-order valence-electron chi connectivity index (χ4n) is 8.20. The van der Waals surface area contributed by atoms with Crippen LogP contribution in [-0.2, 0) is 28.6 Å². The van der Waals surface area contributed by atoms with E-state index in [4.69, 9.17) is 14.2 Å². The van der Waals surface area contributed by atoms with Crippen LogP contribution in [0.25, 0.3) is 0 Å². The summed E-state index contributed by atoms with van der Waals surface area (Å²) in [5.74, 6) is -0.945. The second-order valence-electron chi connectivity index (χ2n) is 19.9. The Morgan fingerprint density at radius 2 is 0.527 bits per heavy atom.